The first-order chi connectivity index (χ1) is 25.6. The van der Waals surface area contributed by atoms with Crippen LogP contribution in [0.5, 0.6) is 0 Å². The first-order valence-electron chi connectivity index (χ1n) is 18.3. The lowest BCUT2D eigenvalue weighted by molar-refractivity contribution is -0.190. The Morgan fingerprint density at radius 1 is 0.889 bits per heavy atom. The summed E-state index contributed by atoms with van der Waals surface area (Å²) in [4.78, 5) is 57.9. The number of Topliss-reactive ketones (excluding diaryl/α,β-unsaturated/α-hetero) is 1. The SMILES string of the molecule is CC1=CC23C(=O)C(C=C(CO)[C@@H](O)[C@]2(O)[C@H]1OC(=O)c1ccccc1NC(=O)c1ccccc1NC(=O)c1ccccc1N(C)C)C1C(CC3C)C1(C)C. The van der Waals surface area contributed by atoms with Crippen LogP contribution in [0, 0.1) is 34.5 Å². The number of allylic oxidation sites excluding steroid dienone is 1. The van der Waals surface area contributed by atoms with Crippen LogP contribution in [0.4, 0.5) is 17.1 Å². The zero-order valence-electron chi connectivity index (χ0n) is 31.3. The van der Waals surface area contributed by atoms with E-state index >= 15 is 0 Å². The Balaban J connectivity index is 1.17. The second-order valence-electron chi connectivity index (χ2n) is 16.1. The van der Waals surface area contributed by atoms with E-state index in [9.17, 15) is 34.5 Å². The smallest absolute Gasteiger partial charge is 0.340 e. The molecule has 2 saturated carbocycles. The molecule has 2 fully saturated rings. The highest BCUT2D eigenvalue weighted by molar-refractivity contribution is 6.15. The van der Waals surface area contributed by atoms with Gasteiger partial charge in [0, 0.05) is 25.7 Å². The molecule has 2 amide bonds. The Morgan fingerprint density at radius 3 is 2.07 bits per heavy atom. The van der Waals surface area contributed by atoms with Crippen molar-refractivity contribution in [3.8, 4) is 0 Å². The number of carbonyl (C=O) groups excluding carboxylic acids is 4. The zero-order chi connectivity index (χ0) is 38.9. The number of hydrogen-bond donors (Lipinski definition) is 5. The lowest BCUT2D eigenvalue weighted by Crippen LogP contribution is -2.65. The van der Waals surface area contributed by atoms with Crippen LogP contribution < -0.4 is 15.5 Å². The van der Waals surface area contributed by atoms with Gasteiger partial charge in [0.2, 0.25) is 0 Å². The van der Waals surface area contributed by atoms with Crippen LogP contribution >= 0.6 is 0 Å². The van der Waals surface area contributed by atoms with Gasteiger partial charge >= 0.3 is 5.97 Å². The molecule has 0 heterocycles. The molecule has 3 aromatic carbocycles. The van der Waals surface area contributed by atoms with Gasteiger partial charge in [-0.3, -0.25) is 14.4 Å². The monoisotopic (exact) mass is 733 g/mol. The maximum Gasteiger partial charge on any atom is 0.340 e. The van der Waals surface area contributed by atoms with Crippen molar-refractivity contribution < 1.29 is 39.2 Å². The lowest BCUT2D eigenvalue weighted by atomic mass is 9.59. The van der Waals surface area contributed by atoms with Gasteiger partial charge in [-0.15, -0.1) is 0 Å². The number of hydrogen-bond acceptors (Lipinski definition) is 9. The maximum absolute atomic E-state index is 14.7. The number of para-hydroxylation sites is 3. The van der Waals surface area contributed by atoms with Gasteiger partial charge < -0.3 is 35.6 Å². The van der Waals surface area contributed by atoms with E-state index in [1.54, 1.807) is 67.6 Å². The van der Waals surface area contributed by atoms with Crippen LogP contribution in [-0.2, 0) is 9.53 Å². The fraction of sp³-hybridized carbons (Fsp3) is 0.395. The second kappa shape index (κ2) is 13.3. The number of fused-ring (bicyclic) bond motifs is 3. The van der Waals surface area contributed by atoms with E-state index in [4.69, 9.17) is 4.74 Å². The molecule has 2 bridgehead atoms. The van der Waals surface area contributed by atoms with Crippen LogP contribution in [0.25, 0.3) is 0 Å². The first-order valence-corrected chi connectivity index (χ1v) is 18.3. The number of ketones is 1. The quantitative estimate of drug-likeness (QED) is 0.154. The van der Waals surface area contributed by atoms with E-state index in [-0.39, 0.29) is 51.1 Å². The van der Waals surface area contributed by atoms with Crippen LogP contribution in [0.15, 0.2) is 96.1 Å². The van der Waals surface area contributed by atoms with Gasteiger partial charge in [0.25, 0.3) is 11.8 Å². The molecule has 4 aliphatic carbocycles. The van der Waals surface area contributed by atoms with Crippen molar-refractivity contribution in [2.24, 2.45) is 34.5 Å². The molecule has 1 spiro atoms. The summed E-state index contributed by atoms with van der Waals surface area (Å²) in [6, 6.07) is 19.8. The van der Waals surface area contributed by atoms with Crippen LogP contribution in [0.2, 0.25) is 0 Å². The third-order valence-corrected chi connectivity index (χ3v) is 12.6. The van der Waals surface area contributed by atoms with Gasteiger partial charge in [-0.1, -0.05) is 69.3 Å². The highest BCUT2D eigenvalue weighted by Gasteiger charge is 2.76. The summed E-state index contributed by atoms with van der Waals surface area (Å²) in [6.07, 6.45) is 0.766. The fourth-order valence-electron chi connectivity index (χ4n) is 9.76. The maximum atomic E-state index is 14.7. The molecule has 0 radical (unpaired) electrons. The molecular formula is C43H47N3O8. The summed E-state index contributed by atoms with van der Waals surface area (Å²) in [5.41, 5.74) is -1.92. The molecule has 11 nitrogen and oxygen atoms in total. The Morgan fingerprint density at radius 2 is 1.44 bits per heavy atom. The summed E-state index contributed by atoms with van der Waals surface area (Å²) in [6.45, 7) is 7.21. The van der Waals surface area contributed by atoms with Gasteiger partial charge in [-0.2, -0.15) is 0 Å². The van der Waals surface area contributed by atoms with Crippen LogP contribution in [0.3, 0.4) is 0 Å². The Labute approximate surface area is 314 Å². The highest BCUT2D eigenvalue weighted by atomic mass is 16.6. The van der Waals surface area contributed by atoms with Crippen molar-refractivity contribution >= 4 is 40.6 Å². The largest absolute Gasteiger partial charge is 0.451 e. The second-order valence-corrected chi connectivity index (χ2v) is 16.1. The number of ether oxygens (including phenoxy) is 1. The van der Waals surface area contributed by atoms with Crippen molar-refractivity contribution in [3.63, 3.8) is 0 Å². The summed E-state index contributed by atoms with van der Waals surface area (Å²) in [7, 11) is 3.66. The van der Waals surface area contributed by atoms with Crippen LogP contribution in [0.1, 0.15) is 65.2 Å². The van der Waals surface area contributed by atoms with E-state index in [0.29, 0.717) is 23.2 Å². The number of aliphatic hydroxyl groups is 3. The first kappa shape index (κ1) is 37.2. The summed E-state index contributed by atoms with van der Waals surface area (Å²) >= 11 is 0. The Bertz CT molecular complexity index is 2120. The van der Waals surface area contributed by atoms with Gasteiger partial charge in [0.1, 0.15) is 6.10 Å². The lowest BCUT2D eigenvalue weighted by Gasteiger charge is -2.48. The molecule has 5 unspecified atom stereocenters. The van der Waals surface area contributed by atoms with Gasteiger partial charge in [0.05, 0.1) is 40.1 Å². The third-order valence-electron chi connectivity index (χ3n) is 12.6. The Hall–Kier alpha value is -5.10. The van der Waals surface area contributed by atoms with E-state index < -0.39 is 59.5 Å². The molecule has 0 aromatic heterocycles. The van der Waals surface area contributed by atoms with Crippen molar-refractivity contribution in [2.45, 2.75) is 51.9 Å². The number of benzene rings is 3. The summed E-state index contributed by atoms with van der Waals surface area (Å²) < 4.78 is 6.10. The number of esters is 1. The van der Waals surface area contributed by atoms with Crippen molar-refractivity contribution in [1.29, 1.82) is 0 Å². The molecular weight excluding hydrogens is 686 g/mol. The molecule has 0 saturated heterocycles. The molecule has 8 atom stereocenters. The van der Waals surface area contributed by atoms with E-state index in [0.717, 1.165) is 0 Å². The van der Waals surface area contributed by atoms with Gasteiger partial charge in [0.15, 0.2) is 17.5 Å². The molecule has 5 N–H and O–H groups in total. The average Bonchev–Trinajstić information content (AvgIpc) is 3.64. The number of nitrogens with zero attached hydrogens (tertiary/aromatic N) is 1. The van der Waals surface area contributed by atoms with E-state index in [1.807, 2.05) is 38.1 Å². The standard InChI is InChI=1S/C43H47N3O8/c1-23-21-42-24(2)19-30-34(41(30,3)4)29(36(42)49)20-25(22-47)35(48)43(42,53)37(23)54-40(52)27-14-8-11-17-32(27)45-38(50)26-13-7-10-16-31(26)44-39(51)28-15-9-12-18-33(28)46(5)6/h7-18,20-21,24,29-30,34-35,37,47-48,53H,19,22H2,1-6H3,(H,44,51)(H,45,50)/t24?,29?,30?,34?,35-,37+,42?,43+/m1/s1. The molecule has 11 heteroatoms. The van der Waals surface area contributed by atoms with Crippen molar-refractivity contribution in [1.82, 2.24) is 0 Å². The molecule has 7 rings (SSSR count). The molecule has 0 aliphatic heterocycles. The van der Waals surface area contributed by atoms with E-state index in [2.05, 4.69) is 24.5 Å². The number of nitrogens with one attached hydrogen (secondary N) is 2. The molecule has 3 aromatic rings. The molecule has 54 heavy (non-hydrogen) atoms. The minimum atomic E-state index is -2.31. The average molecular weight is 734 g/mol. The van der Waals surface area contributed by atoms with Gasteiger partial charge in [-0.05, 0) is 84.1 Å². The predicted octanol–water partition coefficient (Wildman–Crippen LogP) is 5.25. The third kappa shape index (κ3) is 5.51. The number of anilines is 3. The number of amides is 2. The minimum Gasteiger partial charge on any atom is -0.451 e. The normalized spacial score (nSPS) is 30.4. The number of rotatable bonds is 8. The van der Waals surface area contributed by atoms with Gasteiger partial charge in [-0.25, -0.2) is 4.79 Å². The van der Waals surface area contributed by atoms with Crippen molar-refractivity contribution in [2.75, 3.05) is 36.2 Å². The van der Waals surface area contributed by atoms with Crippen molar-refractivity contribution in [3.05, 3.63) is 113 Å². The summed E-state index contributed by atoms with van der Waals surface area (Å²) in [5.74, 6) is -3.04. The van der Waals surface area contributed by atoms with E-state index in [1.165, 1.54) is 12.1 Å². The molecule has 282 valence electrons. The number of carbonyl (C=O) groups is 4. The Kier molecular flexibility index (Phi) is 9.19. The number of aliphatic hydroxyl groups excluding tert-OH is 2. The molecule has 4 aliphatic rings. The predicted molar refractivity (Wildman–Crippen MR) is 204 cm³/mol. The zero-order valence-corrected chi connectivity index (χ0v) is 31.3. The topological polar surface area (TPSA) is 166 Å². The highest BCUT2D eigenvalue weighted by Crippen LogP contribution is 2.71. The summed E-state index contributed by atoms with van der Waals surface area (Å²) in [5, 5.41) is 40.8. The minimum absolute atomic E-state index is 0.0129. The van der Waals surface area contributed by atoms with Crippen LogP contribution in [-0.4, -0.2) is 77.4 Å². The fourth-order valence-corrected chi connectivity index (χ4v) is 9.76.